The predicted octanol–water partition coefficient (Wildman–Crippen LogP) is 3.95. The quantitative estimate of drug-likeness (QED) is 0.835. The highest BCUT2D eigenvalue weighted by Gasteiger charge is 2.28. The molecule has 1 saturated carbocycles. The van der Waals surface area contributed by atoms with Crippen molar-refractivity contribution in [2.45, 2.75) is 39.5 Å². The number of thiophene rings is 1. The molecule has 1 heterocycles. The van der Waals surface area contributed by atoms with Crippen LogP contribution in [-0.2, 0) is 6.42 Å². The molecule has 96 valence electrons. The zero-order chi connectivity index (χ0) is 12.1. The minimum absolute atomic E-state index is 0.894. The van der Waals surface area contributed by atoms with Crippen LogP contribution < -0.4 is 5.32 Å². The van der Waals surface area contributed by atoms with Crippen LogP contribution in [0.4, 0.5) is 0 Å². The number of rotatable bonds is 5. The second-order valence-corrected chi connectivity index (χ2v) is 6.36. The Bertz CT molecular complexity index is 305. The molecule has 1 fully saturated rings. The monoisotopic (exact) mass is 251 g/mol. The van der Waals surface area contributed by atoms with Gasteiger partial charge in [0.25, 0.3) is 0 Å². The van der Waals surface area contributed by atoms with Crippen molar-refractivity contribution in [2.75, 3.05) is 13.1 Å². The Labute approximate surface area is 110 Å². The molecule has 0 saturated heterocycles. The van der Waals surface area contributed by atoms with Gasteiger partial charge in [-0.2, -0.15) is 11.3 Å². The molecule has 1 aromatic heterocycles. The molecular weight excluding hydrogens is 226 g/mol. The maximum Gasteiger partial charge on any atom is -0.00179 e. The van der Waals surface area contributed by atoms with Crippen LogP contribution in [-0.4, -0.2) is 13.1 Å². The molecular formula is C15H25NS. The number of hydrogen-bond acceptors (Lipinski definition) is 2. The van der Waals surface area contributed by atoms with E-state index in [0.29, 0.717) is 0 Å². The first kappa shape index (κ1) is 13.1. The highest BCUT2D eigenvalue weighted by Crippen LogP contribution is 2.35. The lowest BCUT2D eigenvalue weighted by atomic mass is 9.72. The summed E-state index contributed by atoms with van der Waals surface area (Å²) >= 11 is 1.83. The Morgan fingerprint density at radius 2 is 2.24 bits per heavy atom. The Balaban J connectivity index is 1.93. The molecule has 2 heteroatoms. The third kappa shape index (κ3) is 3.82. The number of hydrogen-bond donors (Lipinski definition) is 1. The summed E-state index contributed by atoms with van der Waals surface area (Å²) in [4.78, 5) is 0. The average molecular weight is 251 g/mol. The summed E-state index contributed by atoms with van der Waals surface area (Å²) in [6.45, 7) is 6.96. The molecule has 0 aliphatic heterocycles. The largest absolute Gasteiger partial charge is 0.317 e. The van der Waals surface area contributed by atoms with Crippen LogP contribution >= 0.6 is 11.3 Å². The summed E-state index contributed by atoms with van der Waals surface area (Å²) in [5.41, 5.74) is 1.55. The van der Waals surface area contributed by atoms with Crippen molar-refractivity contribution >= 4 is 11.3 Å². The fraction of sp³-hybridized carbons (Fsp3) is 0.733. The molecule has 3 unspecified atom stereocenters. The third-order valence-electron chi connectivity index (χ3n) is 4.14. The van der Waals surface area contributed by atoms with Crippen molar-refractivity contribution in [1.29, 1.82) is 0 Å². The summed E-state index contributed by atoms with van der Waals surface area (Å²) in [5, 5.41) is 8.08. The molecule has 0 aromatic carbocycles. The van der Waals surface area contributed by atoms with E-state index in [4.69, 9.17) is 0 Å². The Morgan fingerprint density at radius 3 is 2.94 bits per heavy atom. The van der Waals surface area contributed by atoms with Crippen LogP contribution in [0.5, 0.6) is 0 Å². The van der Waals surface area contributed by atoms with Crippen molar-refractivity contribution < 1.29 is 0 Å². The Kier molecular flexibility index (Phi) is 5.05. The predicted molar refractivity (Wildman–Crippen MR) is 76.6 cm³/mol. The topological polar surface area (TPSA) is 12.0 Å². The first-order valence-electron chi connectivity index (χ1n) is 7.01. The van der Waals surface area contributed by atoms with Crippen LogP contribution in [0.15, 0.2) is 16.8 Å². The smallest absolute Gasteiger partial charge is 0.00179 e. The maximum atomic E-state index is 3.54. The minimum Gasteiger partial charge on any atom is -0.317 e. The highest BCUT2D eigenvalue weighted by atomic mass is 32.1. The maximum absolute atomic E-state index is 3.54. The van der Waals surface area contributed by atoms with Crippen molar-refractivity contribution in [1.82, 2.24) is 5.32 Å². The van der Waals surface area contributed by atoms with E-state index >= 15 is 0 Å². The zero-order valence-corrected chi connectivity index (χ0v) is 11.9. The van der Waals surface area contributed by atoms with Crippen molar-refractivity contribution in [3.63, 3.8) is 0 Å². The van der Waals surface area contributed by atoms with Gasteiger partial charge in [-0.3, -0.25) is 0 Å². The van der Waals surface area contributed by atoms with Crippen LogP contribution in [0.1, 0.15) is 38.7 Å². The van der Waals surface area contributed by atoms with Crippen molar-refractivity contribution in [3.8, 4) is 0 Å². The van der Waals surface area contributed by atoms with Gasteiger partial charge >= 0.3 is 0 Å². The van der Waals surface area contributed by atoms with Gasteiger partial charge in [0.05, 0.1) is 0 Å². The normalized spacial score (nSPS) is 29.4. The molecule has 1 aliphatic carbocycles. The summed E-state index contributed by atoms with van der Waals surface area (Å²) in [6, 6.07) is 2.30. The average Bonchev–Trinajstić information content (AvgIpc) is 2.81. The van der Waals surface area contributed by atoms with E-state index in [1.807, 2.05) is 11.3 Å². The molecule has 1 aliphatic rings. The fourth-order valence-corrected chi connectivity index (χ4v) is 3.80. The fourth-order valence-electron chi connectivity index (χ4n) is 3.12. The molecule has 17 heavy (non-hydrogen) atoms. The highest BCUT2D eigenvalue weighted by molar-refractivity contribution is 7.07. The van der Waals surface area contributed by atoms with Crippen LogP contribution in [0.2, 0.25) is 0 Å². The van der Waals surface area contributed by atoms with Crippen LogP contribution in [0.3, 0.4) is 0 Å². The molecule has 0 spiro atoms. The lowest BCUT2D eigenvalue weighted by Gasteiger charge is -2.35. The zero-order valence-electron chi connectivity index (χ0n) is 11.1. The SMILES string of the molecule is CCNCC1CCC(C)CC1Cc1ccsc1. The third-order valence-corrected chi connectivity index (χ3v) is 4.87. The van der Waals surface area contributed by atoms with E-state index in [0.717, 1.165) is 24.3 Å². The van der Waals surface area contributed by atoms with Gasteiger partial charge in [-0.05, 0) is 72.5 Å². The molecule has 0 radical (unpaired) electrons. The standard InChI is InChI=1S/C15H25NS/c1-3-16-10-14-5-4-12(2)8-15(14)9-13-6-7-17-11-13/h6-7,11-12,14-16H,3-5,8-10H2,1-2H3. The lowest BCUT2D eigenvalue weighted by Crippen LogP contribution is -2.33. The van der Waals surface area contributed by atoms with Crippen LogP contribution in [0.25, 0.3) is 0 Å². The van der Waals surface area contributed by atoms with Gasteiger partial charge < -0.3 is 5.32 Å². The van der Waals surface area contributed by atoms with Gasteiger partial charge in [-0.1, -0.05) is 20.3 Å². The summed E-state index contributed by atoms with van der Waals surface area (Å²) in [7, 11) is 0. The Hall–Kier alpha value is -0.340. The van der Waals surface area contributed by atoms with Gasteiger partial charge in [0, 0.05) is 0 Å². The van der Waals surface area contributed by atoms with Crippen LogP contribution in [0, 0.1) is 17.8 Å². The van der Waals surface area contributed by atoms with E-state index in [2.05, 4.69) is 36.0 Å². The van der Waals surface area contributed by atoms with Gasteiger partial charge in [-0.25, -0.2) is 0 Å². The summed E-state index contributed by atoms with van der Waals surface area (Å²) in [5.74, 6) is 2.72. The molecule has 1 aromatic rings. The summed E-state index contributed by atoms with van der Waals surface area (Å²) in [6.07, 6.45) is 5.56. The molecule has 1 N–H and O–H groups in total. The Morgan fingerprint density at radius 1 is 1.35 bits per heavy atom. The van der Waals surface area contributed by atoms with E-state index in [1.54, 1.807) is 5.56 Å². The molecule has 0 amide bonds. The van der Waals surface area contributed by atoms with E-state index < -0.39 is 0 Å². The molecule has 2 rings (SSSR count). The molecule has 3 atom stereocenters. The first-order valence-corrected chi connectivity index (χ1v) is 7.95. The second kappa shape index (κ2) is 6.55. The van der Waals surface area contributed by atoms with E-state index in [-0.39, 0.29) is 0 Å². The van der Waals surface area contributed by atoms with Gasteiger partial charge in [0.2, 0.25) is 0 Å². The lowest BCUT2D eigenvalue weighted by molar-refractivity contribution is 0.184. The summed E-state index contributed by atoms with van der Waals surface area (Å²) < 4.78 is 0. The van der Waals surface area contributed by atoms with Gasteiger partial charge in [0.1, 0.15) is 0 Å². The van der Waals surface area contributed by atoms with Crippen molar-refractivity contribution in [2.24, 2.45) is 17.8 Å². The first-order chi connectivity index (χ1) is 8.29. The second-order valence-electron chi connectivity index (χ2n) is 5.58. The van der Waals surface area contributed by atoms with E-state index in [9.17, 15) is 0 Å². The minimum atomic E-state index is 0.894. The molecule has 1 nitrogen and oxygen atoms in total. The van der Waals surface area contributed by atoms with E-state index in [1.165, 1.54) is 32.2 Å². The van der Waals surface area contributed by atoms with Crippen molar-refractivity contribution in [3.05, 3.63) is 22.4 Å². The van der Waals surface area contributed by atoms with Gasteiger partial charge in [0.15, 0.2) is 0 Å². The van der Waals surface area contributed by atoms with Gasteiger partial charge in [-0.15, -0.1) is 0 Å². The molecule has 0 bridgehead atoms. The number of nitrogens with one attached hydrogen (secondary N) is 1.